The van der Waals surface area contributed by atoms with Crippen molar-refractivity contribution in [1.82, 2.24) is 4.98 Å². The topological polar surface area (TPSA) is 22.1 Å². The Bertz CT molecular complexity index is 273. The van der Waals surface area contributed by atoms with Crippen LogP contribution in [0.15, 0.2) is 22.8 Å². The molecule has 1 fully saturated rings. The van der Waals surface area contributed by atoms with Gasteiger partial charge in [-0.25, -0.2) is 4.98 Å². The number of hydrogen-bond donors (Lipinski definition) is 0. The molecule has 0 atom stereocenters. The van der Waals surface area contributed by atoms with Gasteiger partial charge in [-0.1, -0.05) is 0 Å². The average Bonchev–Trinajstić information content (AvgIpc) is 2.86. The number of ether oxygens (including phenoxy) is 1. The highest BCUT2D eigenvalue weighted by Gasteiger charge is 2.22. The van der Waals surface area contributed by atoms with E-state index < -0.39 is 0 Å². The van der Waals surface area contributed by atoms with E-state index in [9.17, 15) is 0 Å². The Morgan fingerprint density at radius 3 is 3.08 bits per heavy atom. The number of halogens is 1. The second-order valence-corrected chi connectivity index (χ2v) is 3.90. The van der Waals surface area contributed by atoms with Gasteiger partial charge >= 0.3 is 0 Å². The first-order valence-electron chi connectivity index (χ1n) is 4.09. The number of nitrogens with zero attached hydrogens (tertiary/aromatic N) is 1. The lowest BCUT2D eigenvalue weighted by Crippen LogP contribution is -2.00. The highest BCUT2D eigenvalue weighted by Crippen LogP contribution is 2.30. The Hall–Kier alpha value is -0.570. The molecule has 0 radical (unpaired) electrons. The molecule has 0 aromatic carbocycles. The van der Waals surface area contributed by atoms with Gasteiger partial charge in [0.15, 0.2) is 0 Å². The molecule has 0 spiro atoms. The minimum absolute atomic E-state index is 0.712. The summed E-state index contributed by atoms with van der Waals surface area (Å²) in [6, 6.07) is 3.82. The smallest absolute Gasteiger partial charge is 0.227 e. The monoisotopic (exact) mass is 227 g/mol. The molecule has 1 aliphatic carbocycles. The number of pyridine rings is 1. The van der Waals surface area contributed by atoms with Crippen molar-refractivity contribution in [2.24, 2.45) is 5.92 Å². The first-order valence-corrected chi connectivity index (χ1v) is 4.89. The summed E-state index contributed by atoms with van der Waals surface area (Å²) in [5.74, 6) is 1.49. The predicted octanol–water partition coefficient (Wildman–Crippen LogP) is 2.63. The molecular weight excluding hydrogens is 218 g/mol. The van der Waals surface area contributed by atoms with Gasteiger partial charge in [-0.15, -0.1) is 0 Å². The third-order valence-electron chi connectivity index (χ3n) is 1.88. The van der Waals surface area contributed by atoms with Crippen molar-refractivity contribution in [2.45, 2.75) is 12.8 Å². The fraction of sp³-hybridized carbons (Fsp3) is 0.444. The largest absolute Gasteiger partial charge is 0.477 e. The number of hydrogen-bond acceptors (Lipinski definition) is 2. The number of rotatable bonds is 3. The fourth-order valence-electron chi connectivity index (χ4n) is 0.959. The molecule has 1 aliphatic rings. The third kappa shape index (κ3) is 1.97. The summed E-state index contributed by atoms with van der Waals surface area (Å²) in [6.07, 6.45) is 4.36. The summed E-state index contributed by atoms with van der Waals surface area (Å²) >= 11 is 3.38. The van der Waals surface area contributed by atoms with E-state index in [0.29, 0.717) is 5.88 Å². The van der Waals surface area contributed by atoms with Crippen molar-refractivity contribution < 1.29 is 4.74 Å². The Labute approximate surface area is 80.1 Å². The van der Waals surface area contributed by atoms with Crippen LogP contribution in [0.4, 0.5) is 0 Å². The Morgan fingerprint density at radius 2 is 2.42 bits per heavy atom. The predicted molar refractivity (Wildman–Crippen MR) is 50.2 cm³/mol. The molecule has 1 aromatic rings. The quantitative estimate of drug-likeness (QED) is 0.793. The molecule has 3 heteroatoms. The zero-order valence-electron chi connectivity index (χ0n) is 6.66. The molecular formula is C9H10BrNO. The normalized spacial score (nSPS) is 16.1. The van der Waals surface area contributed by atoms with Crippen molar-refractivity contribution in [3.8, 4) is 5.88 Å². The van der Waals surface area contributed by atoms with Gasteiger partial charge in [0.1, 0.15) is 0 Å². The summed E-state index contributed by atoms with van der Waals surface area (Å²) < 4.78 is 6.44. The maximum atomic E-state index is 5.50. The summed E-state index contributed by atoms with van der Waals surface area (Å²) in [5.41, 5.74) is 0. The first kappa shape index (κ1) is 8.05. The molecule has 2 nitrogen and oxygen atoms in total. The molecule has 0 saturated heterocycles. The van der Waals surface area contributed by atoms with Crippen molar-refractivity contribution in [1.29, 1.82) is 0 Å². The van der Waals surface area contributed by atoms with Crippen LogP contribution in [0.25, 0.3) is 0 Å². The van der Waals surface area contributed by atoms with Crippen LogP contribution in [0.2, 0.25) is 0 Å². The average molecular weight is 228 g/mol. The highest BCUT2D eigenvalue weighted by atomic mass is 79.9. The minimum atomic E-state index is 0.712. The highest BCUT2D eigenvalue weighted by molar-refractivity contribution is 9.10. The molecule has 2 rings (SSSR count). The maximum Gasteiger partial charge on any atom is 0.227 e. The molecule has 0 bridgehead atoms. The molecule has 12 heavy (non-hydrogen) atoms. The van der Waals surface area contributed by atoms with Crippen molar-refractivity contribution >= 4 is 15.9 Å². The van der Waals surface area contributed by atoms with Gasteiger partial charge in [0.2, 0.25) is 5.88 Å². The summed E-state index contributed by atoms with van der Waals surface area (Å²) in [5, 5.41) is 0. The van der Waals surface area contributed by atoms with Gasteiger partial charge in [0.25, 0.3) is 0 Å². The Balaban J connectivity index is 1.96. The summed E-state index contributed by atoms with van der Waals surface area (Å²) in [7, 11) is 0. The van der Waals surface area contributed by atoms with Crippen LogP contribution in [0, 0.1) is 5.92 Å². The second kappa shape index (κ2) is 3.44. The van der Waals surface area contributed by atoms with E-state index in [1.54, 1.807) is 6.20 Å². The van der Waals surface area contributed by atoms with E-state index in [1.165, 1.54) is 12.8 Å². The third-order valence-corrected chi connectivity index (χ3v) is 2.48. The minimum Gasteiger partial charge on any atom is -0.477 e. The van der Waals surface area contributed by atoms with Crippen LogP contribution in [-0.4, -0.2) is 11.6 Å². The van der Waals surface area contributed by atoms with Crippen LogP contribution in [0.1, 0.15) is 12.8 Å². The van der Waals surface area contributed by atoms with E-state index in [2.05, 4.69) is 20.9 Å². The van der Waals surface area contributed by atoms with Crippen LogP contribution >= 0.6 is 15.9 Å². The zero-order chi connectivity index (χ0) is 8.39. The lowest BCUT2D eigenvalue weighted by atomic mass is 10.4. The molecule has 1 heterocycles. The zero-order valence-corrected chi connectivity index (χ0v) is 8.25. The molecule has 0 N–H and O–H groups in total. The maximum absolute atomic E-state index is 5.50. The second-order valence-electron chi connectivity index (χ2n) is 3.04. The fourth-order valence-corrected chi connectivity index (χ4v) is 1.33. The number of aromatic nitrogens is 1. The molecule has 0 unspecified atom stereocenters. The molecule has 1 saturated carbocycles. The Morgan fingerprint density at radius 1 is 1.58 bits per heavy atom. The van der Waals surface area contributed by atoms with Crippen LogP contribution in [-0.2, 0) is 0 Å². The van der Waals surface area contributed by atoms with Crippen molar-refractivity contribution in [3.05, 3.63) is 22.8 Å². The first-order chi connectivity index (χ1) is 5.86. The molecule has 0 amide bonds. The SMILES string of the molecule is Brc1cccnc1OCC1CC1. The van der Waals surface area contributed by atoms with E-state index >= 15 is 0 Å². The van der Waals surface area contributed by atoms with Crippen LogP contribution in [0.3, 0.4) is 0 Å². The van der Waals surface area contributed by atoms with Gasteiger partial charge < -0.3 is 4.74 Å². The standard InChI is InChI=1S/C9H10BrNO/c10-8-2-1-5-11-9(8)12-6-7-3-4-7/h1-2,5,7H,3-4,6H2. The van der Waals surface area contributed by atoms with E-state index in [0.717, 1.165) is 17.0 Å². The van der Waals surface area contributed by atoms with Gasteiger partial charge in [-0.05, 0) is 46.8 Å². The Kier molecular flexibility index (Phi) is 2.30. The van der Waals surface area contributed by atoms with Gasteiger partial charge in [-0.2, -0.15) is 0 Å². The van der Waals surface area contributed by atoms with E-state index in [1.807, 2.05) is 12.1 Å². The summed E-state index contributed by atoms with van der Waals surface area (Å²) in [6.45, 7) is 0.815. The van der Waals surface area contributed by atoms with Crippen molar-refractivity contribution in [3.63, 3.8) is 0 Å². The van der Waals surface area contributed by atoms with Crippen LogP contribution < -0.4 is 4.74 Å². The van der Waals surface area contributed by atoms with Gasteiger partial charge in [0.05, 0.1) is 11.1 Å². The summed E-state index contributed by atoms with van der Waals surface area (Å²) in [4.78, 5) is 4.11. The van der Waals surface area contributed by atoms with Crippen molar-refractivity contribution in [2.75, 3.05) is 6.61 Å². The molecule has 64 valence electrons. The molecule has 0 aliphatic heterocycles. The van der Waals surface area contributed by atoms with Crippen LogP contribution in [0.5, 0.6) is 5.88 Å². The van der Waals surface area contributed by atoms with E-state index in [-0.39, 0.29) is 0 Å². The van der Waals surface area contributed by atoms with Gasteiger partial charge in [-0.3, -0.25) is 0 Å². The lowest BCUT2D eigenvalue weighted by molar-refractivity contribution is 0.286. The van der Waals surface area contributed by atoms with Gasteiger partial charge in [0, 0.05) is 6.20 Å². The van der Waals surface area contributed by atoms with E-state index in [4.69, 9.17) is 4.74 Å². The lowest BCUT2D eigenvalue weighted by Gasteiger charge is -2.04. The molecule has 1 aromatic heterocycles.